The molecule has 0 unspecified atom stereocenters. The molecule has 0 bridgehead atoms. The molecule has 0 radical (unpaired) electrons. The van der Waals surface area contributed by atoms with Gasteiger partial charge >= 0.3 is 0 Å². The summed E-state index contributed by atoms with van der Waals surface area (Å²) >= 11 is 1.74. The van der Waals surface area contributed by atoms with Gasteiger partial charge in [-0.15, -0.1) is 11.3 Å². The number of thiophene rings is 1. The van der Waals surface area contributed by atoms with Gasteiger partial charge in [-0.1, -0.05) is 6.07 Å². The van der Waals surface area contributed by atoms with Crippen LogP contribution in [0.1, 0.15) is 38.7 Å². The number of aromatic nitrogens is 1. The minimum absolute atomic E-state index is 0.0245. The first-order chi connectivity index (χ1) is 17.0. The molecular weight excluding hydrogens is 465 g/mol. The number of nitrogens with zero attached hydrogens (tertiary/aromatic N) is 2. The summed E-state index contributed by atoms with van der Waals surface area (Å²) in [5.41, 5.74) is 3.89. The van der Waals surface area contributed by atoms with Crippen molar-refractivity contribution in [1.82, 2.24) is 9.88 Å². The lowest BCUT2D eigenvalue weighted by Crippen LogP contribution is -2.35. The molecule has 1 aliphatic heterocycles. The summed E-state index contributed by atoms with van der Waals surface area (Å²) in [6, 6.07) is 13.4. The van der Waals surface area contributed by atoms with Gasteiger partial charge in [0.25, 0.3) is 5.91 Å². The number of rotatable bonds is 6. The summed E-state index contributed by atoms with van der Waals surface area (Å²) < 4.78 is 18.8. The monoisotopic (exact) mass is 489 g/mol. The first-order valence-corrected chi connectivity index (χ1v) is 12.3. The van der Waals surface area contributed by atoms with Gasteiger partial charge in [-0.2, -0.15) is 0 Å². The Morgan fingerprint density at radius 2 is 2.00 bits per heavy atom. The van der Waals surface area contributed by atoms with E-state index >= 15 is 0 Å². The highest BCUT2D eigenvalue weighted by atomic mass is 32.1. The van der Waals surface area contributed by atoms with Crippen LogP contribution in [0.2, 0.25) is 0 Å². The van der Waals surface area contributed by atoms with Crippen LogP contribution in [0, 0.1) is 12.7 Å². The van der Waals surface area contributed by atoms with Gasteiger partial charge in [0.15, 0.2) is 11.7 Å². The van der Waals surface area contributed by atoms with Crippen molar-refractivity contribution in [2.24, 2.45) is 0 Å². The van der Waals surface area contributed by atoms with Crippen molar-refractivity contribution in [3.63, 3.8) is 0 Å². The second-order valence-electron chi connectivity index (χ2n) is 8.50. The molecule has 5 rings (SSSR count). The van der Waals surface area contributed by atoms with Gasteiger partial charge < -0.3 is 14.6 Å². The third-order valence-electron chi connectivity index (χ3n) is 6.18. The van der Waals surface area contributed by atoms with Crippen LogP contribution < -0.4 is 5.32 Å². The van der Waals surface area contributed by atoms with Crippen LogP contribution in [0.4, 0.5) is 10.1 Å². The van der Waals surface area contributed by atoms with Gasteiger partial charge in [0, 0.05) is 47.6 Å². The zero-order valence-corrected chi connectivity index (χ0v) is 20.0. The Morgan fingerprint density at radius 1 is 1.17 bits per heavy atom. The normalized spacial score (nSPS) is 12.9. The molecule has 2 amide bonds. The molecule has 6 nitrogen and oxygen atoms in total. The predicted molar refractivity (Wildman–Crippen MR) is 133 cm³/mol. The van der Waals surface area contributed by atoms with Crippen LogP contribution in [-0.2, 0) is 24.2 Å². The fourth-order valence-electron chi connectivity index (χ4n) is 4.20. The van der Waals surface area contributed by atoms with Crippen LogP contribution in [0.15, 0.2) is 64.5 Å². The number of halogens is 1. The topological polar surface area (TPSA) is 75.4 Å². The van der Waals surface area contributed by atoms with E-state index in [4.69, 9.17) is 4.42 Å². The highest BCUT2D eigenvalue weighted by Crippen LogP contribution is 2.27. The Morgan fingerprint density at radius 3 is 2.83 bits per heavy atom. The Labute approximate surface area is 206 Å². The minimum atomic E-state index is -0.321. The fraction of sp³-hybridized carbons (Fsp3) is 0.222. The van der Waals surface area contributed by atoms with E-state index in [1.54, 1.807) is 47.9 Å². The van der Waals surface area contributed by atoms with E-state index in [1.807, 2.05) is 11.8 Å². The second kappa shape index (κ2) is 9.84. The molecule has 35 heavy (non-hydrogen) atoms. The molecule has 2 aromatic carbocycles. The van der Waals surface area contributed by atoms with Crippen molar-refractivity contribution in [3.05, 3.63) is 93.4 Å². The zero-order valence-electron chi connectivity index (χ0n) is 19.2. The Hall–Kier alpha value is -3.78. The quantitative estimate of drug-likeness (QED) is 0.381. The van der Waals surface area contributed by atoms with Crippen molar-refractivity contribution < 1.29 is 18.4 Å². The maximum atomic E-state index is 13.2. The number of hydrogen-bond donors (Lipinski definition) is 1. The molecule has 2 aromatic heterocycles. The Balaban J connectivity index is 1.21. The number of carbonyl (C=O) groups excluding carboxylic acids is 2. The van der Waals surface area contributed by atoms with Crippen molar-refractivity contribution in [2.45, 2.75) is 32.7 Å². The highest BCUT2D eigenvalue weighted by Gasteiger charge is 2.24. The van der Waals surface area contributed by atoms with Gasteiger partial charge in [-0.25, -0.2) is 9.37 Å². The largest absolute Gasteiger partial charge is 0.441 e. The number of amides is 2. The summed E-state index contributed by atoms with van der Waals surface area (Å²) in [4.78, 5) is 33.3. The smallest absolute Gasteiger partial charge is 0.254 e. The summed E-state index contributed by atoms with van der Waals surface area (Å²) in [6.07, 6.45) is 2.94. The maximum absolute atomic E-state index is 13.2. The first kappa shape index (κ1) is 23.0. The van der Waals surface area contributed by atoms with Gasteiger partial charge in [0.2, 0.25) is 5.91 Å². The molecule has 3 heterocycles. The molecule has 4 aromatic rings. The summed E-state index contributed by atoms with van der Waals surface area (Å²) in [7, 11) is 0. The number of aryl methyl sites for hydroxylation is 1. The number of hydrogen-bond acceptors (Lipinski definition) is 5. The van der Waals surface area contributed by atoms with E-state index in [1.165, 1.54) is 22.6 Å². The number of benzene rings is 2. The summed E-state index contributed by atoms with van der Waals surface area (Å²) in [6.45, 7) is 3.16. The summed E-state index contributed by atoms with van der Waals surface area (Å²) in [5.74, 6) is 0.412. The van der Waals surface area contributed by atoms with E-state index in [9.17, 15) is 14.0 Å². The Kier molecular flexibility index (Phi) is 6.46. The molecule has 0 spiro atoms. The van der Waals surface area contributed by atoms with Crippen LogP contribution in [0.5, 0.6) is 0 Å². The van der Waals surface area contributed by atoms with Crippen molar-refractivity contribution in [1.29, 1.82) is 0 Å². The lowest BCUT2D eigenvalue weighted by molar-refractivity contribution is -0.116. The average Bonchev–Trinajstić information content (AvgIpc) is 3.53. The minimum Gasteiger partial charge on any atom is -0.441 e. The van der Waals surface area contributed by atoms with Crippen LogP contribution in [0.25, 0.3) is 11.3 Å². The summed E-state index contributed by atoms with van der Waals surface area (Å²) in [5, 5.41) is 4.99. The molecule has 0 saturated heterocycles. The van der Waals surface area contributed by atoms with E-state index < -0.39 is 0 Å². The molecule has 0 atom stereocenters. The molecule has 1 aliphatic rings. The molecule has 8 heteroatoms. The Bertz CT molecular complexity index is 1380. The van der Waals surface area contributed by atoms with E-state index in [0.29, 0.717) is 42.4 Å². The van der Waals surface area contributed by atoms with E-state index in [2.05, 4.69) is 21.7 Å². The van der Waals surface area contributed by atoms with Crippen LogP contribution in [-0.4, -0.2) is 28.2 Å². The lowest BCUT2D eigenvalue weighted by Gasteiger charge is -2.28. The third-order valence-corrected chi connectivity index (χ3v) is 7.20. The van der Waals surface area contributed by atoms with Gasteiger partial charge in [0.1, 0.15) is 5.82 Å². The molecular formula is C27H24FN3O3S. The SMILES string of the molecule is Cc1c(NC(=O)CCc2ncc(-c3ccc(F)cc3)o2)cccc1C(=O)N1CCc2sccc2C1. The lowest BCUT2D eigenvalue weighted by atomic mass is 10.0. The number of oxazole rings is 1. The van der Waals surface area contributed by atoms with Crippen molar-refractivity contribution in [2.75, 3.05) is 11.9 Å². The molecule has 0 saturated carbocycles. The third kappa shape index (κ3) is 5.02. The van der Waals surface area contributed by atoms with Crippen LogP contribution >= 0.6 is 11.3 Å². The van der Waals surface area contributed by atoms with E-state index in [-0.39, 0.29) is 24.1 Å². The number of fused-ring (bicyclic) bond motifs is 1. The molecule has 178 valence electrons. The van der Waals surface area contributed by atoms with Crippen molar-refractivity contribution >= 4 is 28.8 Å². The zero-order chi connectivity index (χ0) is 24.4. The second-order valence-corrected chi connectivity index (χ2v) is 9.50. The van der Waals surface area contributed by atoms with Gasteiger partial charge in [-0.05, 0) is 72.3 Å². The predicted octanol–water partition coefficient (Wildman–Crippen LogP) is 5.62. The standard InChI is InChI=1S/C27H24FN3O3S/c1-17-21(27(33)31-13-11-24-19(16-31)12-14-35-24)3-2-4-22(17)30-25(32)9-10-26-29-15-23(34-26)18-5-7-20(28)8-6-18/h2-8,12,14-15H,9-11,13,16H2,1H3,(H,30,32). The number of anilines is 1. The first-order valence-electron chi connectivity index (χ1n) is 11.4. The average molecular weight is 490 g/mol. The number of nitrogens with one attached hydrogen (secondary N) is 1. The van der Waals surface area contributed by atoms with E-state index in [0.717, 1.165) is 17.5 Å². The van der Waals surface area contributed by atoms with Crippen molar-refractivity contribution in [3.8, 4) is 11.3 Å². The highest BCUT2D eigenvalue weighted by molar-refractivity contribution is 7.10. The fourth-order valence-corrected chi connectivity index (χ4v) is 5.09. The number of carbonyl (C=O) groups is 2. The van der Waals surface area contributed by atoms with Crippen LogP contribution in [0.3, 0.4) is 0 Å². The molecule has 1 N–H and O–H groups in total. The molecule has 0 aliphatic carbocycles. The maximum Gasteiger partial charge on any atom is 0.254 e. The van der Waals surface area contributed by atoms with Gasteiger partial charge in [0.05, 0.1) is 6.20 Å². The molecule has 0 fully saturated rings. The van der Waals surface area contributed by atoms with Gasteiger partial charge in [-0.3, -0.25) is 9.59 Å².